The minimum absolute atomic E-state index is 0.432. The van der Waals surface area contributed by atoms with Gasteiger partial charge in [0.05, 0.1) is 39.5 Å². The highest BCUT2D eigenvalue weighted by molar-refractivity contribution is 6.10. The molecule has 0 saturated carbocycles. The summed E-state index contributed by atoms with van der Waals surface area (Å²) in [5.74, 6) is 1.51. The molecule has 0 fully saturated rings. The first kappa shape index (κ1) is 40.4. The van der Waals surface area contributed by atoms with Gasteiger partial charge in [0, 0.05) is 38.8 Å². The van der Waals surface area contributed by atoms with Crippen LogP contribution < -0.4 is 4.90 Å². The number of hydrogen-bond acceptors (Lipinski definition) is 5. The average molecular weight is 905 g/mol. The molecule has 2 aromatic heterocycles. The van der Waals surface area contributed by atoms with Crippen molar-refractivity contribution in [3.05, 3.63) is 270 Å². The Bertz CT molecular complexity index is 4030. The number of aromatic nitrogens is 4. The molecule has 2 aliphatic rings. The molecule has 71 heavy (non-hydrogen) atoms. The maximum absolute atomic E-state index is 10.7. The quantitative estimate of drug-likeness (QED) is 0.166. The van der Waals surface area contributed by atoms with Crippen molar-refractivity contribution in [1.29, 1.82) is 5.26 Å². The Balaban J connectivity index is 0.937. The van der Waals surface area contributed by atoms with E-state index in [9.17, 15) is 5.26 Å². The van der Waals surface area contributed by atoms with Gasteiger partial charge < -0.3 is 9.47 Å². The molecule has 6 nitrogen and oxygen atoms in total. The number of hydrogen-bond donors (Lipinski definition) is 0. The molecule has 1 aliphatic carbocycles. The van der Waals surface area contributed by atoms with E-state index < -0.39 is 5.41 Å². The molecule has 0 atom stereocenters. The first-order chi connectivity index (χ1) is 35.2. The summed E-state index contributed by atoms with van der Waals surface area (Å²) in [4.78, 5) is 17.4. The van der Waals surface area contributed by atoms with E-state index in [0.717, 1.165) is 33.9 Å². The van der Waals surface area contributed by atoms with Crippen molar-refractivity contribution >= 4 is 38.9 Å². The predicted octanol–water partition coefficient (Wildman–Crippen LogP) is 15.7. The van der Waals surface area contributed by atoms with Crippen molar-refractivity contribution < 1.29 is 0 Å². The fourth-order valence-electron chi connectivity index (χ4n) is 11.5. The van der Waals surface area contributed by atoms with Crippen LogP contribution in [0.5, 0.6) is 0 Å². The zero-order valence-electron chi connectivity index (χ0n) is 38.3. The first-order valence-electron chi connectivity index (χ1n) is 23.9. The predicted molar refractivity (Wildman–Crippen MR) is 286 cm³/mol. The van der Waals surface area contributed by atoms with Crippen LogP contribution in [0.1, 0.15) is 27.8 Å². The van der Waals surface area contributed by atoms with E-state index in [-0.39, 0.29) is 0 Å². The third kappa shape index (κ3) is 6.10. The maximum atomic E-state index is 10.7. The third-order valence-electron chi connectivity index (χ3n) is 14.5. The number of anilines is 3. The molecule has 10 aromatic carbocycles. The lowest BCUT2D eigenvalue weighted by Crippen LogP contribution is -2.36. The second-order valence-corrected chi connectivity index (χ2v) is 18.2. The van der Waals surface area contributed by atoms with Gasteiger partial charge in [-0.2, -0.15) is 5.26 Å². The number of fused-ring (bicyclic) bond motifs is 12. The second-order valence-electron chi connectivity index (χ2n) is 18.2. The van der Waals surface area contributed by atoms with Crippen LogP contribution in [-0.2, 0) is 5.41 Å². The number of nitriles is 1. The summed E-state index contributed by atoms with van der Waals surface area (Å²) in [6.07, 6.45) is 0. The van der Waals surface area contributed by atoms with Crippen LogP contribution >= 0.6 is 0 Å². The summed E-state index contributed by atoms with van der Waals surface area (Å²) < 4.78 is 2.37. The van der Waals surface area contributed by atoms with Crippen LogP contribution in [0.4, 0.5) is 17.1 Å². The topological polar surface area (TPSA) is 70.6 Å². The van der Waals surface area contributed by atoms with Crippen LogP contribution in [0, 0.1) is 11.3 Å². The normalized spacial score (nSPS) is 12.9. The molecule has 0 bridgehead atoms. The Kier molecular flexibility index (Phi) is 9.07. The van der Waals surface area contributed by atoms with E-state index in [4.69, 9.17) is 15.0 Å². The van der Waals surface area contributed by atoms with Crippen molar-refractivity contribution in [2.45, 2.75) is 5.41 Å². The summed E-state index contributed by atoms with van der Waals surface area (Å²) in [6.45, 7) is 0. The Morgan fingerprint density at radius 2 is 0.887 bits per heavy atom. The SMILES string of the molecule is N#Cc1ccc(N2c3ccccc3C3(c4ccccc4-c4cc(-c5ccc6c(c5)c5ccccc5n6-c5ccccc5)ccc43)c3ccccc32)cc1-c1nc(-c2ccccc2)nc(-c2ccccc2)n1. The van der Waals surface area contributed by atoms with Crippen LogP contribution in [-0.4, -0.2) is 19.5 Å². The van der Waals surface area contributed by atoms with Crippen molar-refractivity contribution in [2.24, 2.45) is 0 Å². The molecular formula is C65H40N6. The van der Waals surface area contributed by atoms with Crippen LogP contribution in [0.3, 0.4) is 0 Å². The lowest BCUT2D eigenvalue weighted by molar-refractivity contribution is 0.753. The van der Waals surface area contributed by atoms with Crippen LogP contribution in [0.25, 0.3) is 83.9 Å². The van der Waals surface area contributed by atoms with Gasteiger partial charge in [-0.1, -0.05) is 176 Å². The zero-order chi connectivity index (χ0) is 47.0. The lowest BCUT2D eigenvalue weighted by atomic mass is 9.64. The molecule has 1 aliphatic heterocycles. The highest BCUT2D eigenvalue weighted by atomic mass is 15.2. The fourth-order valence-corrected chi connectivity index (χ4v) is 11.5. The Morgan fingerprint density at radius 3 is 1.58 bits per heavy atom. The average Bonchev–Trinajstić information content (AvgIpc) is 3.94. The standard InChI is InChI=1S/C65H40N6/c66-41-46-32-35-48(40-51(46)64-68-62(42-18-4-1-5-19-42)67-63(69-64)43-20-6-2-7-21-43)71-60-30-16-13-27-56(60)65(57-28-14-17-31-61(57)71)54-26-12-10-24-49(54)52-38-44(33-36-55(52)65)45-34-37-59-53(39-45)50-25-11-15-29-58(50)70(59)47-22-8-3-9-23-47/h1-40H. The van der Waals surface area contributed by atoms with E-state index in [1.165, 1.54) is 66.3 Å². The first-order valence-corrected chi connectivity index (χ1v) is 23.9. The summed E-state index contributed by atoms with van der Waals surface area (Å²) in [5.41, 5.74) is 18.4. The van der Waals surface area contributed by atoms with Gasteiger partial charge in [0.25, 0.3) is 0 Å². The molecule has 330 valence electrons. The van der Waals surface area contributed by atoms with E-state index >= 15 is 0 Å². The van der Waals surface area contributed by atoms with Gasteiger partial charge in [-0.25, -0.2) is 15.0 Å². The van der Waals surface area contributed by atoms with Gasteiger partial charge in [0.2, 0.25) is 0 Å². The van der Waals surface area contributed by atoms with Crippen molar-refractivity contribution in [1.82, 2.24) is 19.5 Å². The lowest BCUT2D eigenvalue weighted by Gasteiger charge is -2.45. The van der Waals surface area contributed by atoms with E-state index in [1.807, 2.05) is 72.8 Å². The fraction of sp³-hybridized carbons (Fsp3) is 0.0154. The van der Waals surface area contributed by atoms with Gasteiger partial charge in [0.1, 0.15) is 0 Å². The molecular weight excluding hydrogens is 865 g/mol. The van der Waals surface area contributed by atoms with Crippen molar-refractivity contribution in [3.63, 3.8) is 0 Å². The second kappa shape index (κ2) is 16.0. The molecule has 0 N–H and O–H groups in total. The van der Waals surface area contributed by atoms with Gasteiger partial charge in [0.15, 0.2) is 17.5 Å². The summed E-state index contributed by atoms with van der Waals surface area (Å²) in [7, 11) is 0. The molecule has 0 radical (unpaired) electrons. The van der Waals surface area contributed by atoms with Crippen LogP contribution in [0.15, 0.2) is 243 Å². The molecule has 0 unspecified atom stereocenters. The Hall–Kier alpha value is -9.70. The molecule has 0 saturated heterocycles. The summed E-state index contributed by atoms with van der Waals surface area (Å²) >= 11 is 0. The smallest absolute Gasteiger partial charge is 0.165 e. The Labute approximate surface area is 410 Å². The minimum Gasteiger partial charge on any atom is -0.310 e. The van der Waals surface area contributed by atoms with Crippen molar-refractivity contribution in [3.8, 4) is 68.2 Å². The van der Waals surface area contributed by atoms with Gasteiger partial charge >= 0.3 is 0 Å². The molecule has 12 aromatic rings. The van der Waals surface area contributed by atoms with Crippen molar-refractivity contribution in [2.75, 3.05) is 4.90 Å². The molecule has 6 heteroatoms. The Morgan fingerprint density at radius 1 is 0.352 bits per heavy atom. The highest BCUT2D eigenvalue weighted by Crippen LogP contribution is 2.63. The number of benzene rings is 10. The van der Waals surface area contributed by atoms with E-state index in [1.54, 1.807) is 0 Å². The monoisotopic (exact) mass is 904 g/mol. The third-order valence-corrected chi connectivity index (χ3v) is 14.5. The highest BCUT2D eigenvalue weighted by Gasteiger charge is 2.51. The van der Waals surface area contributed by atoms with E-state index in [0.29, 0.717) is 28.6 Å². The maximum Gasteiger partial charge on any atom is 0.165 e. The molecule has 1 spiro atoms. The largest absolute Gasteiger partial charge is 0.310 e. The number of nitrogens with zero attached hydrogens (tertiary/aromatic N) is 6. The zero-order valence-corrected chi connectivity index (χ0v) is 38.3. The number of para-hydroxylation sites is 4. The van der Waals surface area contributed by atoms with Gasteiger partial charge in [-0.3, -0.25) is 0 Å². The molecule has 0 amide bonds. The molecule has 14 rings (SSSR count). The summed E-state index contributed by atoms with van der Waals surface area (Å²) in [5, 5.41) is 13.1. The molecule has 3 heterocycles. The summed E-state index contributed by atoms with van der Waals surface area (Å²) in [6, 6.07) is 88.3. The number of rotatable bonds is 6. The van der Waals surface area contributed by atoms with Gasteiger partial charge in [-0.05, 0) is 111 Å². The van der Waals surface area contributed by atoms with Gasteiger partial charge in [-0.15, -0.1) is 0 Å². The van der Waals surface area contributed by atoms with Crippen LogP contribution in [0.2, 0.25) is 0 Å². The van der Waals surface area contributed by atoms with E-state index in [2.05, 4.69) is 185 Å². The minimum atomic E-state index is -0.625.